The molecule has 3 nitrogen and oxygen atoms in total. The van der Waals surface area contributed by atoms with Crippen molar-refractivity contribution in [2.75, 3.05) is 13.1 Å². The molecule has 1 aromatic rings. The van der Waals surface area contributed by atoms with E-state index in [4.69, 9.17) is 11.6 Å². The lowest BCUT2D eigenvalue weighted by Crippen LogP contribution is -2.63. The summed E-state index contributed by atoms with van der Waals surface area (Å²) < 4.78 is 0. The van der Waals surface area contributed by atoms with Crippen molar-refractivity contribution >= 4 is 17.5 Å². The lowest BCUT2D eigenvalue weighted by molar-refractivity contribution is -0.0860. The molecule has 0 aromatic heterocycles. The number of hydrogen-bond acceptors (Lipinski definition) is 2. The van der Waals surface area contributed by atoms with Gasteiger partial charge in [0.05, 0.1) is 18.7 Å². The third-order valence-electron chi connectivity index (χ3n) is 3.33. The smallest absolute Gasteiger partial charge is 0.254 e. The average Bonchev–Trinajstić information content (AvgIpc) is 2.35. The molecule has 98 valence electrons. The Morgan fingerprint density at radius 1 is 1.39 bits per heavy atom. The Balaban J connectivity index is 1.97. The first kappa shape index (κ1) is 13.4. The molecule has 0 spiro atoms. The number of amides is 1. The molecule has 1 aliphatic rings. The minimum atomic E-state index is -0.666. The Bertz CT molecular complexity index is 424. The van der Waals surface area contributed by atoms with Gasteiger partial charge in [-0.15, -0.1) is 11.6 Å². The van der Waals surface area contributed by atoms with E-state index in [2.05, 4.69) is 0 Å². The van der Waals surface area contributed by atoms with Crippen molar-refractivity contribution in [1.29, 1.82) is 0 Å². The third-order valence-corrected chi connectivity index (χ3v) is 3.64. The zero-order valence-corrected chi connectivity index (χ0v) is 11.3. The highest BCUT2D eigenvalue weighted by molar-refractivity contribution is 6.17. The molecule has 18 heavy (non-hydrogen) atoms. The zero-order valence-electron chi connectivity index (χ0n) is 10.5. The van der Waals surface area contributed by atoms with Gasteiger partial charge in [0.1, 0.15) is 0 Å². The van der Waals surface area contributed by atoms with E-state index in [0.717, 1.165) is 18.4 Å². The lowest BCUT2D eigenvalue weighted by Gasteiger charge is -2.46. The Labute approximate surface area is 112 Å². The van der Waals surface area contributed by atoms with Crippen LogP contribution in [0.25, 0.3) is 0 Å². The monoisotopic (exact) mass is 267 g/mol. The van der Waals surface area contributed by atoms with Crippen LogP contribution in [0, 0.1) is 0 Å². The van der Waals surface area contributed by atoms with E-state index >= 15 is 0 Å². The maximum Gasteiger partial charge on any atom is 0.254 e. The summed E-state index contributed by atoms with van der Waals surface area (Å²) in [5.41, 5.74) is 0.988. The Hall–Kier alpha value is -1.06. The molecular weight excluding hydrogens is 250 g/mol. The maximum atomic E-state index is 12.1. The van der Waals surface area contributed by atoms with E-state index in [-0.39, 0.29) is 5.91 Å². The number of rotatable bonds is 4. The average molecular weight is 268 g/mol. The fourth-order valence-electron chi connectivity index (χ4n) is 2.35. The summed E-state index contributed by atoms with van der Waals surface area (Å²) in [4.78, 5) is 13.8. The number of alkyl halides is 1. The van der Waals surface area contributed by atoms with E-state index in [9.17, 15) is 9.90 Å². The molecule has 2 rings (SSSR count). The van der Waals surface area contributed by atoms with Crippen LogP contribution < -0.4 is 0 Å². The Kier molecular flexibility index (Phi) is 3.93. The number of aliphatic hydroxyl groups is 1. The minimum Gasteiger partial charge on any atom is -0.386 e. The van der Waals surface area contributed by atoms with Crippen LogP contribution in [0.4, 0.5) is 0 Å². The number of carbonyl (C=O) groups excluding carboxylic acids is 1. The molecular formula is C14H18ClNO2. The van der Waals surface area contributed by atoms with E-state index < -0.39 is 5.60 Å². The molecule has 0 radical (unpaired) electrons. The van der Waals surface area contributed by atoms with E-state index in [1.165, 1.54) is 0 Å². The van der Waals surface area contributed by atoms with Crippen molar-refractivity contribution in [3.8, 4) is 0 Å². The summed E-state index contributed by atoms with van der Waals surface area (Å²) in [5.74, 6) is 0.436. The van der Waals surface area contributed by atoms with Gasteiger partial charge in [-0.1, -0.05) is 25.5 Å². The summed E-state index contributed by atoms with van der Waals surface area (Å²) in [7, 11) is 0. The summed E-state index contributed by atoms with van der Waals surface area (Å²) in [5, 5.41) is 10.0. The fourth-order valence-corrected chi connectivity index (χ4v) is 2.53. The molecule has 0 unspecified atom stereocenters. The van der Waals surface area contributed by atoms with Crippen LogP contribution >= 0.6 is 11.6 Å². The first-order valence-electron chi connectivity index (χ1n) is 6.24. The molecule has 1 saturated heterocycles. The standard InChI is InChI=1S/C14H18ClNO2/c1-2-7-14(18)9-16(10-14)13(17)12-5-3-11(8-15)4-6-12/h3-6,18H,2,7-10H2,1H3. The molecule has 0 aliphatic carbocycles. The topological polar surface area (TPSA) is 40.5 Å². The van der Waals surface area contributed by atoms with Gasteiger partial charge in [-0.25, -0.2) is 0 Å². The van der Waals surface area contributed by atoms with Crippen LogP contribution in [-0.4, -0.2) is 34.6 Å². The molecule has 1 heterocycles. The molecule has 1 N–H and O–H groups in total. The van der Waals surface area contributed by atoms with Gasteiger partial charge in [0.2, 0.25) is 0 Å². The van der Waals surface area contributed by atoms with E-state index in [1.54, 1.807) is 17.0 Å². The first-order valence-corrected chi connectivity index (χ1v) is 6.78. The molecule has 0 saturated carbocycles. The van der Waals surface area contributed by atoms with Crippen molar-refractivity contribution in [1.82, 2.24) is 4.90 Å². The quantitative estimate of drug-likeness (QED) is 0.851. The van der Waals surface area contributed by atoms with E-state index in [1.807, 2.05) is 19.1 Å². The summed E-state index contributed by atoms with van der Waals surface area (Å²) in [6, 6.07) is 7.30. The number of hydrogen-bond donors (Lipinski definition) is 1. The molecule has 4 heteroatoms. The fraction of sp³-hybridized carbons (Fsp3) is 0.500. The Morgan fingerprint density at radius 2 is 2.00 bits per heavy atom. The minimum absolute atomic E-state index is 0.0168. The number of likely N-dealkylation sites (tertiary alicyclic amines) is 1. The zero-order chi connectivity index (χ0) is 13.2. The normalized spacial score (nSPS) is 17.4. The van der Waals surface area contributed by atoms with Gasteiger partial charge in [0.15, 0.2) is 0 Å². The van der Waals surface area contributed by atoms with Crippen molar-refractivity contribution in [2.24, 2.45) is 0 Å². The summed E-state index contributed by atoms with van der Waals surface area (Å²) >= 11 is 5.70. The summed E-state index contributed by atoms with van der Waals surface area (Å²) in [6.45, 7) is 2.92. The molecule has 1 fully saturated rings. The van der Waals surface area contributed by atoms with Crippen LogP contribution in [0.2, 0.25) is 0 Å². The molecule has 1 aromatic carbocycles. The lowest BCUT2D eigenvalue weighted by atomic mass is 9.88. The predicted molar refractivity (Wildman–Crippen MR) is 71.8 cm³/mol. The number of nitrogens with zero attached hydrogens (tertiary/aromatic N) is 1. The van der Waals surface area contributed by atoms with Crippen molar-refractivity contribution < 1.29 is 9.90 Å². The molecule has 1 aliphatic heterocycles. The van der Waals surface area contributed by atoms with Gasteiger partial charge < -0.3 is 10.0 Å². The van der Waals surface area contributed by atoms with Gasteiger partial charge in [0.25, 0.3) is 5.91 Å². The van der Waals surface area contributed by atoms with Gasteiger partial charge in [-0.2, -0.15) is 0 Å². The van der Waals surface area contributed by atoms with Crippen LogP contribution in [0.3, 0.4) is 0 Å². The first-order chi connectivity index (χ1) is 8.58. The van der Waals surface area contributed by atoms with Crippen LogP contribution in [0.1, 0.15) is 35.7 Å². The summed E-state index contributed by atoms with van der Waals surface area (Å²) in [6.07, 6.45) is 1.69. The maximum absolute atomic E-state index is 12.1. The van der Waals surface area contributed by atoms with Gasteiger partial charge in [0, 0.05) is 11.4 Å². The van der Waals surface area contributed by atoms with Crippen molar-refractivity contribution in [3.63, 3.8) is 0 Å². The number of β-amino-alcohol motifs (C(OH)–C–C–N with tert-alkyl or cyclic N) is 1. The third kappa shape index (κ3) is 2.68. The second kappa shape index (κ2) is 5.29. The van der Waals surface area contributed by atoms with Crippen LogP contribution in [-0.2, 0) is 5.88 Å². The highest BCUT2D eigenvalue weighted by atomic mass is 35.5. The molecule has 0 bridgehead atoms. The predicted octanol–water partition coefficient (Wildman–Crippen LogP) is 2.41. The van der Waals surface area contributed by atoms with Crippen LogP contribution in [0.15, 0.2) is 24.3 Å². The van der Waals surface area contributed by atoms with Crippen molar-refractivity contribution in [3.05, 3.63) is 35.4 Å². The SMILES string of the molecule is CCCC1(O)CN(C(=O)c2ccc(CCl)cc2)C1. The number of halogens is 1. The van der Waals surface area contributed by atoms with Gasteiger partial charge in [-0.05, 0) is 24.1 Å². The van der Waals surface area contributed by atoms with E-state index in [0.29, 0.717) is 24.5 Å². The largest absolute Gasteiger partial charge is 0.386 e. The Morgan fingerprint density at radius 3 is 2.50 bits per heavy atom. The second-order valence-electron chi connectivity index (χ2n) is 4.97. The number of benzene rings is 1. The van der Waals surface area contributed by atoms with Gasteiger partial charge in [-0.3, -0.25) is 4.79 Å². The molecule has 1 amide bonds. The second-order valence-corrected chi connectivity index (χ2v) is 5.23. The number of carbonyl (C=O) groups is 1. The highest BCUT2D eigenvalue weighted by Crippen LogP contribution is 2.27. The van der Waals surface area contributed by atoms with Crippen LogP contribution in [0.5, 0.6) is 0 Å². The van der Waals surface area contributed by atoms with Gasteiger partial charge >= 0.3 is 0 Å². The van der Waals surface area contributed by atoms with Crippen molar-refractivity contribution in [2.45, 2.75) is 31.2 Å². The highest BCUT2D eigenvalue weighted by Gasteiger charge is 2.42. The molecule has 0 atom stereocenters.